The number of halogens is 5. The van der Waals surface area contributed by atoms with Gasteiger partial charge in [0.15, 0.2) is 0 Å². The van der Waals surface area contributed by atoms with E-state index in [0.29, 0.717) is 0 Å². The average Bonchev–Trinajstić information content (AvgIpc) is 2.01. The fourth-order valence-electron chi connectivity index (χ4n) is 0.883. The number of aromatic nitrogens is 1. The highest BCUT2D eigenvalue weighted by atomic mass is 79.9. The summed E-state index contributed by atoms with van der Waals surface area (Å²) in [5.74, 6) is -1.48. The number of alkyl halides is 4. The average molecular weight is 258 g/mol. The van der Waals surface area contributed by atoms with Gasteiger partial charge in [-0.05, 0) is 11.6 Å². The molecule has 0 spiro atoms. The van der Waals surface area contributed by atoms with E-state index in [1.165, 1.54) is 0 Å². The molecule has 0 radical (unpaired) electrons. The molecular weight excluding hydrogens is 254 g/mol. The summed E-state index contributed by atoms with van der Waals surface area (Å²) in [5.41, 5.74) is -1.45. The normalized spacial score (nSPS) is 11.8. The molecule has 0 fully saturated rings. The van der Waals surface area contributed by atoms with Gasteiger partial charge in [-0.3, -0.25) is 0 Å². The van der Waals surface area contributed by atoms with Crippen molar-refractivity contribution < 1.29 is 17.6 Å². The van der Waals surface area contributed by atoms with E-state index < -0.39 is 17.7 Å². The lowest BCUT2D eigenvalue weighted by molar-refractivity contribution is -0.140. The smallest absolute Gasteiger partial charge is 0.228 e. The zero-order valence-electron chi connectivity index (χ0n) is 6.20. The lowest BCUT2D eigenvalue weighted by Gasteiger charge is -2.10. The third-order valence-corrected chi connectivity index (χ3v) is 2.02. The molecular formula is C7H4BrF4N. The molecule has 0 aliphatic carbocycles. The van der Waals surface area contributed by atoms with Crippen LogP contribution in [0.2, 0.25) is 0 Å². The van der Waals surface area contributed by atoms with Crippen molar-refractivity contribution in [1.82, 2.24) is 4.98 Å². The summed E-state index contributed by atoms with van der Waals surface area (Å²) < 4.78 is 49.3. The molecule has 0 unspecified atom stereocenters. The van der Waals surface area contributed by atoms with Crippen molar-refractivity contribution in [3.8, 4) is 0 Å². The molecule has 72 valence electrons. The van der Waals surface area contributed by atoms with Gasteiger partial charge in [0.25, 0.3) is 0 Å². The molecule has 0 aliphatic rings. The third kappa shape index (κ3) is 2.18. The van der Waals surface area contributed by atoms with E-state index in [1.54, 1.807) is 0 Å². The first-order valence-electron chi connectivity index (χ1n) is 3.23. The van der Waals surface area contributed by atoms with Crippen LogP contribution >= 0.6 is 15.9 Å². The van der Waals surface area contributed by atoms with Crippen LogP contribution in [0.1, 0.15) is 11.1 Å². The number of pyridine rings is 1. The highest BCUT2D eigenvalue weighted by Gasteiger charge is 2.37. The standard InChI is InChI=1S/C7H4BrF4N/c8-3-4-1-2-13-6(9)5(4)7(10,11)12/h1-2H,3H2. The monoisotopic (exact) mass is 257 g/mol. The minimum atomic E-state index is -4.69. The second-order valence-corrected chi connectivity index (χ2v) is 2.83. The molecule has 0 atom stereocenters. The van der Waals surface area contributed by atoms with Crippen molar-refractivity contribution >= 4 is 15.9 Å². The first kappa shape index (κ1) is 10.4. The lowest BCUT2D eigenvalue weighted by atomic mass is 10.1. The van der Waals surface area contributed by atoms with Crippen molar-refractivity contribution in [3.63, 3.8) is 0 Å². The van der Waals surface area contributed by atoms with Gasteiger partial charge >= 0.3 is 6.18 Å². The molecule has 1 heterocycles. The zero-order valence-corrected chi connectivity index (χ0v) is 7.78. The number of nitrogens with zero attached hydrogens (tertiary/aromatic N) is 1. The summed E-state index contributed by atoms with van der Waals surface area (Å²) in [7, 11) is 0. The van der Waals surface area contributed by atoms with Crippen LogP contribution < -0.4 is 0 Å². The Kier molecular flexibility index (Phi) is 2.90. The zero-order chi connectivity index (χ0) is 10.1. The summed E-state index contributed by atoms with van der Waals surface area (Å²) in [6, 6.07) is 1.13. The van der Waals surface area contributed by atoms with Gasteiger partial charge in [0.2, 0.25) is 5.95 Å². The Balaban J connectivity index is 3.32. The molecule has 1 nitrogen and oxygen atoms in total. The first-order chi connectivity index (χ1) is 5.96. The first-order valence-corrected chi connectivity index (χ1v) is 4.35. The maximum Gasteiger partial charge on any atom is 0.421 e. The Morgan fingerprint density at radius 3 is 2.38 bits per heavy atom. The Hall–Kier alpha value is -0.650. The van der Waals surface area contributed by atoms with Gasteiger partial charge in [-0.25, -0.2) is 4.98 Å². The number of rotatable bonds is 1. The van der Waals surface area contributed by atoms with Gasteiger partial charge in [-0.2, -0.15) is 17.6 Å². The van der Waals surface area contributed by atoms with Gasteiger partial charge in [0.05, 0.1) is 0 Å². The Labute approximate surface area is 79.9 Å². The van der Waals surface area contributed by atoms with E-state index in [4.69, 9.17) is 0 Å². The summed E-state index contributed by atoms with van der Waals surface area (Å²) in [6.45, 7) is 0. The molecule has 13 heavy (non-hydrogen) atoms. The molecule has 0 amide bonds. The minimum Gasteiger partial charge on any atom is -0.228 e. The van der Waals surface area contributed by atoms with Gasteiger partial charge in [-0.15, -0.1) is 0 Å². The van der Waals surface area contributed by atoms with Gasteiger partial charge in [0.1, 0.15) is 5.56 Å². The van der Waals surface area contributed by atoms with Crippen LogP contribution in [0, 0.1) is 5.95 Å². The summed E-state index contributed by atoms with van der Waals surface area (Å²) in [4.78, 5) is 2.95. The van der Waals surface area contributed by atoms with Crippen LogP contribution in [-0.4, -0.2) is 4.98 Å². The van der Waals surface area contributed by atoms with Crippen LogP contribution in [0.25, 0.3) is 0 Å². The van der Waals surface area contributed by atoms with Crippen LogP contribution in [0.5, 0.6) is 0 Å². The fourth-order valence-corrected chi connectivity index (χ4v) is 1.35. The Morgan fingerprint density at radius 2 is 2.00 bits per heavy atom. The lowest BCUT2D eigenvalue weighted by Crippen LogP contribution is -2.12. The van der Waals surface area contributed by atoms with Gasteiger partial charge in [0, 0.05) is 11.5 Å². The fraction of sp³-hybridized carbons (Fsp3) is 0.286. The van der Waals surface area contributed by atoms with E-state index in [0.717, 1.165) is 12.3 Å². The van der Waals surface area contributed by atoms with E-state index >= 15 is 0 Å². The van der Waals surface area contributed by atoms with Crippen molar-refractivity contribution in [1.29, 1.82) is 0 Å². The largest absolute Gasteiger partial charge is 0.421 e. The molecule has 0 bridgehead atoms. The SMILES string of the molecule is Fc1nccc(CBr)c1C(F)(F)F. The summed E-state index contributed by atoms with van der Waals surface area (Å²) >= 11 is 2.84. The van der Waals surface area contributed by atoms with Crippen molar-refractivity contribution in [3.05, 3.63) is 29.3 Å². The maximum atomic E-state index is 12.7. The topological polar surface area (TPSA) is 12.9 Å². The maximum absolute atomic E-state index is 12.7. The molecule has 1 rings (SSSR count). The molecule has 6 heteroatoms. The van der Waals surface area contributed by atoms with Crippen LogP contribution in [0.15, 0.2) is 12.3 Å². The molecule has 0 aliphatic heterocycles. The van der Waals surface area contributed by atoms with Gasteiger partial charge < -0.3 is 0 Å². The highest BCUT2D eigenvalue weighted by molar-refractivity contribution is 9.08. The van der Waals surface area contributed by atoms with E-state index in [2.05, 4.69) is 20.9 Å². The second-order valence-electron chi connectivity index (χ2n) is 2.27. The molecule has 0 saturated carbocycles. The van der Waals surface area contributed by atoms with E-state index in [9.17, 15) is 17.6 Å². The highest BCUT2D eigenvalue weighted by Crippen LogP contribution is 2.33. The van der Waals surface area contributed by atoms with Crippen molar-refractivity contribution in [2.75, 3.05) is 0 Å². The molecule has 0 saturated heterocycles. The molecule has 0 aromatic carbocycles. The predicted molar refractivity (Wildman–Crippen MR) is 41.8 cm³/mol. The predicted octanol–water partition coefficient (Wildman–Crippen LogP) is 3.13. The molecule has 1 aromatic heterocycles. The van der Waals surface area contributed by atoms with Crippen molar-refractivity contribution in [2.24, 2.45) is 0 Å². The Bertz CT molecular complexity index is 310. The van der Waals surface area contributed by atoms with Crippen LogP contribution in [0.4, 0.5) is 17.6 Å². The van der Waals surface area contributed by atoms with E-state index in [-0.39, 0.29) is 10.9 Å². The quantitative estimate of drug-likeness (QED) is 0.428. The number of hydrogen-bond donors (Lipinski definition) is 0. The van der Waals surface area contributed by atoms with Crippen LogP contribution in [-0.2, 0) is 11.5 Å². The van der Waals surface area contributed by atoms with Crippen molar-refractivity contribution in [2.45, 2.75) is 11.5 Å². The second kappa shape index (κ2) is 3.61. The van der Waals surface area contributed by atoms with Gasteiger partial charge in [-0.1, -0.05) is 15.9 Å². The van der Waals surface area contributed by atoms with Crippen LogP contribution in [0.3, 0.4) is 0 Å². The third-order valence-electron chi connectivity index (χ3n) is 1.42. The molecule has 0 N–H and O–H groups in total. The Morgan fingerprint density at radius 1 is 1.38 bits per heavy atom. The number of hydrogen-bond acceptors (Lipinski definition) is 1. The molecule has 1 aromatic rings. The summed E-state index contributed by atoms with van der Waals surface area (Å²) in [6.07, 6.45) is -3.69. The summed E-state index contributed by atoms with van der Waals surface area (Å²) in [5, 5.41) is -0.0543. The minimum absolute atomic E-state index is 0.0543. The van der Waals surface area contributed by atoms with E-state index in [1.807, 2.05) is 0 Å².